The van der Waals surface area contributed by atoms with E-state index in [9.17, 15) is 4.79 Å². The lowest BCUT2D eigenvalue weighted by molar-refractivity contribution is 0.0926. The van der Waals surface area contributed by atoms with Crippen molar-refractivity contribution in [1.29, 1.82) is 0 Å². The first-order valence-electron chi connectivity index (χ1n) is 5.72. The Morgan fingerprint density at radius 2 is 1.82 bits per heavy atom. The number of aromatic nitrogens is 2. The SMILES string of the molecule is CC(C)(C)CNC(=O)c1noc(C(C)(C)C)n1. The summed E-state index contributed by atoms with van der Waals surface area (Å²) in [6.07, 6.45) is 0. The normalized spacial score (nSPS) is 12.6. The molecule has 17 heavy (non-hydrogen) atoms. The van der Waals surface area contributed by atoms with Crippen LogP contribution in [0, 0.1) is 5.41 Å². The molecule has 0 saturated carbocycles. The Morgan fingerprint density at radius 1 is 1.24 bits per heavy atom. The van der Waals surface area contributed by atoms with Gasteiger partial charge in [-0.3, -0.25) is 4.79 Å². The molecule has 0 spiro atoms. The fraction of sp³-hybridized carbons (Fsp3) is 0.750. The van der Waals surface area contributed by atoms with Crippen LogP contribution in [-0.4, -0.2) is 22.6 Å². The standard InChI is InChI=1S/C12H21N3O2/c1-11(2,3)7-13-9(16)8-14-10(17-15-8)12(4,5)6/h7H2,1-6H3,(H,13,16). The Kier molecular flexibility index (Phi) is 3.59. The highest BCUT2D eigenvalue weighted by Crippen LogP contribution is 2.19. The summed E-state index contributed by atoms with van der Waals surface area (Å²) >= 11 is 0. The molecule has 1 N–H and O–H groups in total. The molecule has 0 aliphatic carbocycles. The zero-order valence-electron chi connectivity index (χ0n) is 11.4. The summed E-state index contributed by atoms with van der Waals surface area (Å²) < 4.78 is 5.06. The number of hydrogen-bond acceptors (Lipinski definition) is 4. The fourth-order valence-electron chi connectivity index (χ4n) is 1.04. The summed E-state index contributed by atoms with van der Waals surface area (Å²) in [5.41, 5.74) is -0.207. The predicted molar refractivity (Wildman–Crippen MR) is 64.8 cm³/mol. The number of rotatable bonds is 2. The lowest BCUT2D eigenvalue weighted by Crippen LogP contribution is -2.32. The van der Waals surface area contributed by atoms with E-state index in [-0.39, 0.29) is 22.6 Å². The lowest BCUT2D eigenvalue weighted by atomic mass is 9.97. The number of carbonyl (C=O) groups is 1. The minimum Gasteiger partial charge on any atom is -0.349 e. The molecule has 0 aliphatic heterocycles. The molecule has 0 bridgehead atoms. The van der Waals surface area contributed by atoms with Gasteiger partial charge in [0.2, 0.25) is 5.89 Å². The first-order chi connectivity index (χ1) is 7.59. The third kappa shape index (κ3) is 4.17. The van der Waals surface area contributed by atoms with Gasteiger partial charge >= 0.3 is 0 Å². The molecule has 1 amide bonds. The van der Waals surface area contributed by atoms with Crippen LogP contribution in [0.5, 0.6) is 0 Å². The molecular formula is C12H21N3O2. The molecule has 0 aromatic carbocycles. The van der Waals surface area contributed by atoms with E-state index >= 15 is 0 Å². The van der Waals surface area contributed by atoms with Crippen LogP contribution in [0.2, 0.25) is 0 Å². The molecular weight excluding hydrogens is 218 g/mol. The van der Waals surface area contributed by atoms with Gasteiger partial charge < -0.3 is 9.84 Å². The van der Waals surface area contributed by atoms with Crippen LogP contribution in [0.4, 0.5) is 0 Å². The van der Waals surface area contributed by atoms with Gasteiger partial charge in [-0.05, 0) is 5.41 Å². The molecule has 1 rings (SSSR count). The third-order valence-electron chi connectivity index (χ3n) is 2.05. The predicted octanol–water partition coefficient (Wildman–Crippen LogP) is 2.14. The maximum Gasteiger partial charge on any atom is 0.292 e. The van der Waals surface area contributed by atoms with E-state index in [0.29, 0.717) is 12.4 Å². The zero-order valence-corrected chi connectivity index (χ0v) is 11.4. The Balaban J connectivity index is 2.68. The van der Waals surface area contributed by atoms with E-state index in [4.69, 9.17) is 4.52 Å². The number of nitrogens with one attached hydrogen (secondary N) is 1. The van der Waals surface area contributed by atoms with E-state index in [0.717, 1.165) is 0 Å². The average molecular weight is 239 g/mol. The molecule has 5 nitrogen and oxygen atoms in total. The highest BCUT2D eigenvalue weighted by atomic mass is 16.5. The molecule has 1 aromatic rings. The van der Waals surface area contributed by atoms with Crippen molar-refractivity contribution in [1.82, 2.24) is 15.5 Å². The Morgan fingerprint density at radius 3 is 2.24 bits per heavy atom. The van der Waals surface area contributed by atoms with Gasteiger partial charge in [0.25, 0.3) is 11.7 Å². The number of carbonyl (C=O) groups excluding carboxylic acids is 1. The maximum atomic E-state index is 11.7. The summed E-state index contributed by atoms with van der Waals surface area (Å²) in [6, 6.07) is 0. The number of hydrogen-bond donors (Lipinski definition) is 1. The minimum atomic E-state index is -0.292. The lowest BCUT2D eigenvalue weighted by Gasteiger charge is -2.17. The molecule has 0 aliphatic rings. The van der Waals surface area contributed by atoms with Gasteiger partial charge in [0.15, 0.2) is 0 Å². The molecule has 96 valence electrons. The van der Waals surface area contributed by atoms with Crippen molar-refractivity contribution in [2.75, 3.05) is 6.54 Å². The second-order valence-electron chi connectivity index (χ2n) is 6.42. The summed E-state index contributed by atoms with van der Waals surface area (Å²) in [5.74, 6) is 0.275. The van der Waals surface area contributed by atoms with Crippen molar-refractivity contribution in [3.8, 4) is 0 Å². The molecule has 0 unspecified atom stereocenters. The fourth-order valence-corrected chi connectivity index (χ4v) is 1.04. The molecule has 5 heteroatoms. The van der Waals surface area contributed by atoms with Crippen LogP contribution in [-0.2, 0) is 5.41 Å². The van der Waals surface area contributed by atoms with E-state index < -0.39 is 0 Å². The van der Waals surface area contributed by atoms with E-state index in [1.54, 1.807) is 0 Å². The van der Waals surface area contributed by atoms with Gasteiger partial charge in [-0.1, -0.05) is 46.7 Å². The minimum absolute atomic E-state index is 0.0340. The largest absolute Gasteiger partial charge is 0.349 e. The van der Waals surface area contributed by atoms with E-state index in [2.05, 4.69) is 15.5 Å². The van der Waals surface area contributed by atoms with Gasteiger partial charge in [-0.15, -0.1) is 0 Å². The van der Waals surface area contributed by atoms with E-state index in [1.807, 2.05) is 41.5 Å². The highest BCUT2D eigenvalue weighted by molar-refractivity contribution is 5.90. The topological polar surface area (TPSA) is 68.0 Å². The maximum absolute atomic E-state index is 11.7. The van der Waals surface area contributed by atoms with Crippen molar-refractivity contribution in [2.45, 2.75) is 47.0 Å². The Hall–Kier alpha value is -1.39. The van der Waals surface area contributed by atoms with Gasteiger partial charge in [0, 0.05) is 12.0 Å². The molecule has 0 atom stereocenters. The average Bonchev–Trinajstić information content (AvgIpc) is 2.60. The van der Waals surface area contributed by atoms with E-state index in [1.165, 1.54) is 0 Å². The van der Waals surface area contributed by atoms with Crippen LogP contribution in [0.15, 0.2) is 4.52 Å². The van der Waals surface area contributed by atoms with Gasteiger partial charge in [-0.2, -0.15) is 4.98 Å². The van der Waals surface area contributed by atoms with Crippen molar-refractivity contribution in [2.24, 2.45) is 5.41 Å². The quantitative estimate of drug-likeness (QED) is 0.858. The first kappa shape index (κ1) is 13.7. The van der Waals surface area contributed by atoms with Gasteiger partial charge in [0.05, 0.1) is 0 Å². The summed E-state index contributed by atoms with van der Waals surface area (Å²) in [6.45, 7) is 12.6. The second-order valence-corrected chi connectivity index (χ2v) is 6.42. The molecule has 1 heterocycles. The van der Waals surface area contributed by atoms with Gasteiger partial charge in [-0.25, -0.2) is 0 Å². The Bertz CT molecular complexity index is 397. The molecule has 0 fully saturated rings. The molecule has 0 saturated heterocycles. The second kappa shape index (κ2) is 4.47. The van der Waals surface area contributed by atoms with Crippen LogP contribution in [0.25, 0.3) is 0 Å². The molecule has 1 aromatic heterocycles. The van der Waals surface area contributed by atoms with Crippen LogP contribution >= 0.6 is 0 Å². The molecule has 0 radical (unpaired) electrons. The summed E-state index contributed by atoms with van der Waals surface area (Å²) in [7, 11) is 0. The van der Waals surface area contributed by atoms with Crippen molar-refractivity contribution in [3.05, 3.63) is 11.7 Å². The smallest absolute Gasteiger partial charge is 0.292 e. The first-order valence-corrected chi connectivity index (χ1v) is 5.72. The monoisotopic (exact) mass is 239 g/mol. The zero-order chi connectivity index (χ0) is 13.3. The van der Waals surface area contributed by atoms with Gasteiger partial charge in [0.1, 0.15) is 0 Å². The van der Waals surface area contributed by atoms with Crippen molar-refractivity contribution >= 4 is 5.91 Å². The van der Waals surface area contributed by atoms with Crippen LogP contribution in [0.3, 0.4) is 0 Å². The van der Waals surface area contributed by atoms with Crippen LogP contribution < -0.4 is 5.32 Å². The summed E-state index contributed by atoms with van der Waals surface area (Å²) in [5, 5.41) is 6.46. The Labute approximate surface area is 102 Å². The van der Waals surface area contributed by atoms with Crippen molar-refractivity contribution < 1.29 is 9.32 Å². The third-order valence-corrected chi connectivity index (χ3v) is 2.05. The number of nitrogens with zero attached hydrogens (tertiary/aromatic N) is 2. The highest BCUT2D eigenvalue weighted by Gasteiger charge is 2.24. The summed E-state index contributed by atoms with van der Waals surface area (Å²) in [4.78, 5) is 15.8. The van der Waals surface area contributed by atoms with Crippen molar-refractivity contribution in [3.63, 3.8) is 0 Å². The van der Waals surface area contributed by atoms with Crippen LogP contribution in [0.1, 0.15) is 58.1 Å². The number of amides is 1.